The van der Waals surface area contributed by atoms with Crippen LogP contribution in [-0.4, -0.2) is 5.11 Å². The Bertz CT molecular complexity index is 498. The Morgan fingerprint density at radius 1 is 1.10 bits per heavy atom. The first kappa shape index (κ1) is 24.4. The van der Waals surface area contributed by atoms with Gasteiger partial charge in [-0.3, -0.25) is 0 Å². The molecule has 1 N–H and O–H groups in total. The van der Waals surface area contributed by atoms with E-state index in [4.69, 9.17) is 0 Å². The van der Waals surface area contributed by atoms with Crippen molar-refractivity contribution in [1.82, 2.24) is 0 Å². The van der Waals surface area contributed by atoms with Crippen molar-refractivity contribution in [2.24, 2.45) is 5.41 Å². The number of aryl methyl sites for hydroxylation is 2. The van der Waals surface area contributed by atoms with Crippen molar-refractivity contribution in [3.63, 3.8) is 0 Å². The molecule has 0 unspecified atom stereocenters. The Morgan fingerprint density at radius 2 is 1.45 bits per heavy atom. The van der Waals surface area contributed by atoms with Gasteiger partial charge in [-0.1, -0.05) is 38.0 Å². The van der Waals surface area contributed by atoms with Gasteiger partial charge in [0.15, 0.2) is 0 Å². The van der Waals surface area contributed by atoms with Crippen molar-refractivity contribution in [1.29, 1.82) is 0 Å². The summed E-state index contributed by atoms with van der Waals surface area (Å²) < 4.78 is 0. The van der Waals surface area contributed by atoms with Crippen LogP contribution in [0, 0.1) is 40.0 Å². The van der Waals surface area contributed by atoms with Gasteiger partial charge in [-0.15, -0.1) is 0 Å². The van der Waals surface area contributed by atoms with E-state index in [0.29, 0.717) is 5.76 Å². The number of benzene rings is 1. The van der Waals surface area contributed by atoms with Gasteiger partial charge in [-0.05, 0) is 30.2 Å². The molecule has 0 aromatic heterocycles. The molecule has 0 atom stereocenters. The second-order valence-corrected chi connectivity index (χ2v) is 5.58. The molecule has 1 aromatic rings. The molecular weight excluding hydrogens is 298 g/mol. The molecule has 0 saturated heterocycles. The molecule has 0 fully saturated rings. The quantitative estimate of drug-likeness (QED) is 0.645. The third-order valence-electron chi connectivity index (χ3n) is 3.67. The maximum absolute atomic E-state index is 10.5. The van der Waals surface area contributed by atoms with E-state index in [2.05, 4.69) is 34.3 Å². The zero-order valence-corrected chi connectivity index (χ0v) is 17.5. The van der Waals surface area contributed by atoms with Crippen molar-refractivity contribution in [3.05, 3.63) is 54.5 Å². The number of hydrogen-bond donors (Lipinski definition) is 1. The minimum Gasteiger partial charge on any atom is -0.514 e. The summed E-state index contributed by atoms with van der Waals surface area (Å²) >= 11 is 0. The van der Waals surface area contributed by atoms with E-state index in [9.17, 15) is 5.11 Å². The monoisotopic (exact) mass is 325 g/mol. The maximum atomic E-state index is 10.5. The second-order valence-electron chi connectivity index (χ2n) is 5.58. The summed E-state index contributed by atoms with van der Waals surface area (Å²) in [4.78, 5) is 0. The second kappa shape index (κ2) is 8.62. The Hall–Kier alpha value is -0.617. The number of hydrogen-bond acceptors (Lipinski definition) is 1. The van der Waals surface area contributed by atoms with Crippen molar-refractivity contribution >= 4 is 12.3 Å². The summed E-state index contributed by atoms with van der Waals surface area (Å²) in [6.07, 6.45) is 0. The van der Waals surface area contributed by atoms with Crippen LogP contribution >= 0.6 is 0 Å². The van der Waals surface area contributed by atoms with E-state index in [0.717, 1.165) is 21.6 Å². The van der Waals surface area contributed by atoms with E-state index in [1.165, 1.54) is 5.92 Å². The van der Waals surface area contributed by atoms with E-state index >= 15 is 0 Å². The predicted molar refractivity (Wildman–Crippen MR) is 87.9 cm³/mol. The molecule has 1 nitrogen and oxygen atoms in total. The summed E-state index contributed by atoms with van der Waals surface area (Å²) in [5.74, 6) is 1.65. The summed E-state index contributed by atoms with van der Waals surface area (Å²) in [7, 11) is 0. The number of aliphatic hydroxyl groups excluding tert-OH is 1. The smallest absolute Gasteiger partial charge is 0.0761 e. The summed E-state index contributed by atoms with van der Waals surface area (Å²) in [5, 5.41) is 12.5. The van der Waals surface area contributed by atoms with E-state index in [-0.39, 0.29) is 39.7 Å². The maximum Gasteiger partial charge on any atom is 0.0761 e. The molecule has 1 rings (SSSR count). The van der Waals surface area contributed by atoms with Crippen LogP contribution in [0.25, 0.3) is 12.3 Å². The van der Waals surface area contributed by atoms with Crippen molar-refractivity contribution in [3.8, 4) is 0 Å². The van der Waals surface area contributed by atoms with Crippen LogP contribution < -0.4 is 10.4 Å². The SMILES string of the molecule is C=c1cc(C)c(=C(O)C(C)(C)[C-](C)C)c(C)c1.[CH3-].[CH3-].[Zn]. The molecule has 0 spiro atoms. The molecule has 0 aliphatic rings. The summed E-state index contributed by atoms with van der Waals surface area (Å²) in [6, 6.07) is 4.03. The fraction of sp³-hybridized carbons (Fsp3) is 0.389. The van der Waals surface area contributed by atoms with Crippen LogP contribution in [-0.2, 0) is 19.5 Å². The van der Waals surface area contributed by atoms with E-state index in [1.54, 1.807) is 0 Å². The van der Waals surface area contributed by atoms with Gasteiger partial charge in [0.2, 0.25) is 0 Å². The summed E-state index contributed by atoms with van der Waals surface area (Å²) in [6.45, 7) is 16.2. The first-order valence-electron chi connectivity index (χ1n) is 5.98. The molecule has 0 heterocycles. The Labute approximate surface area is 138 Å². The topological polar surface area (TPSA) is 20.2 Å². The van der Waals surface area contributed by atoms with Crippen molar-refractivity contribution in [2.45, 2.75) is 41.5 Å². The average molecular weight is 327 g/mol. The average Bonchev–Trinajstić information content (AvgIpc) is 2.15. The van der Waals surface area contributed by atoms with Crippen LogP contribution in [0.3, 0.4) is 0 Å². The third-order valence-corrected chi connectivity index (χ3v) is 3.67. The van der Waals surface area contributed by atoms with Gasteiger partial charge in [0.1, 0.15) is 0 Å². The fourth-order valence-electron chi connectivity index (χ4n) is 1.98. The zero-order valence-electron chi connectivity index (χ0n) is 14.5. The van der Waals surface area contributed by atoms with Gasteiger partial charge < -0.3 is 25.9 Å². The van der Waals surface area contributed by atoms with Crippen LogP contribution in [0.1, 0.15) is 38.8 Å². The molecule has 2 heteroatoms. The van der Waals surface area contributed by atoms with Crippen LogP contribution in [0.5, 0.6) is 0 Å². The van der Waals surface area contributed by atoms with Gasteiger partial charge in [0.25, 0.3) is 0 Å². The van der Waals surface area contributed by atoms with Gasteiger partial charge in [-0.25, -0.2) is 0 Å². The molecule has 0 aliphatic carbocycles. The van der Waals surface area contributed by atoms with Crippen LogP contribution in [0.4, 0.5) is 0 Å². The van der Waals surface area contributed by atoms with Gasteiger partial charge in [-0.2, -0.15) is 13.8 Å². The Kier molecular flexibility index (Phi) is 10.5. The molecule has 0 radical (unpaired) electrons. The molecule has 0 aliphatic heterocycles. The Balaban J connectivity index is -0.000000963. The van der Waals surface area contributed by atoms with Gasteiger partial charge >= 0.3 is 0 Å². The van der Waals surface area contributed by atoms with Crippen LogP contribution in [0.15, 0.2) is 12.1 Å². The third kappa shape index (κ3) is 4.74. The van der Waals surface area contributed by atoms with Gasteiger partial charge in [0, 0.05) is 24.7 Å². The first-order chi connectivity index (χ1) is 7.67. The molecule has 0 bridgehead atoms. The molecule has 20 heavy (non-hydrogen) atoms. The van der Waals surface area contributed by atoms with E-state index in [1.807, 2.05) is 26.0 Å². The molecule has 0 amide bonds. The summed E-state index contributed by atoms with van der Waals surface area (Å²) in [5.41, 5.74) is 1.88. The van der Waals surface area contributed by atoms with Crippen LogP contribution in [0.2, 0.25) is 0 Å². The van der Waals surface area contributed by atoms with Gasteiger partial charge in [0.05, 0.1) is 5.76 Å². The minimum absolute atomic E-state index is 0. The molecule has 112 valence electrons. The predicted octanol–water partition coefficient (Wildman–Crippen LogP) is 3.92. The molecule has 0 saturated carbocycles. The molecule has 1 aromatic carbocycles. The van der Waals surface area contributed by atoms with Crippen molar-refractivity contribution in [2.75, 3.05) is 0 Å². The first-order valence-corrected chi connectivity index (χ1v) is 5.98. The normalized spacial score (nSPS) is 10.2. The minimum atomic E-state index is -0.293. The molecular formula is C18H29OZn-3. The number of aliphatic hydroxyl groups is 1. The Morgan fingerprint density at radius 3 is 1.75 bits per heavy atom. The van der Waals surface area contributed by atoms with Crippen molar-refractivity contribution < 1.29 is 24.6 Å². The van der Waals surface area contributed by atoms with E-state index < -0.39 is 0 Å². The largest absolute Gasteiger partial charge is 0.514 e. The standard InChI is InChI=1S/C16H23O.2CH3.Zn/c1-10(2)16(6,7)15(17)14-12(4)8-11(3)9-13(14)5;;;/h8-9,17H,3H2,1-2,4-7H3;2*1H3;/q3*-1;. The zero-order chi connectivity index (χ0) is 13.4. The fourth-order valence-corrected chi connectivity index (χ4v) is 1.98. The number of rotatable bonds is 2.